The number of fused-ring (bicyclic) bond motifs is 1. The van der Waals surface area contributed by atoms with Crippen molar-refractivity contribution in [2.45, 2.75) is 33.2 Å². The smallest absolute Gasteiger partial charge is 0.218 e. The Kier molecular flexibility index (Phi) is 7.29. The quantitative estimate of drug-likeness (QED) is 0.392. The summed E-state index contributed by atoms with van der Waals surface area (Å²) in [4.78, 5) is 12.4. The van der Waals surface area contributed by atoms with Crippen molar-refractivity contribution in [1.82, 2.24) is 20.6 Å². The molecule has 28 heavy (non-hydrogen) atoms. The van der Waals surface area contributed by atoms with Crippen molar-refractivity contribution in [3.05, 3.63) is 59.9 Å². The number of benzene rings is 1. The third kappa shape index (κ3) is 5.25. The lowest BCUT2D eigenvalue weighted by atomic mass is 10.1. The number of aliphatic imine (C=N–C) groups is 1. The number of hydrogen-bond acceptors (Lipinski definition) is 3. The van der Waals surface area contributed by atoms with E-state index in [0.29, 0.717) is 19.0 Å². The molecule has 0 amide bonds. The Bertz CT molecular complexity index is 903. The maximum absolute atomic E-state index is 5.72. The molecule has 0 unspecified atom stereocenters. The van der Waals surface area contributed by atoms with E-state index in [2.05, 4.69) is 58.8 Å². The van der Waals surface area contributed by atoms with Crippen molar-refractivity contribution >= 4 is 16.9 Å². The summed E-state index contributed by atoms with van der Waals surface area (Å²) >= 11 is 0. The zero-order valence-electron chi connectivity index (χ0n) is 16.7. The maximum Gasteiger partial charge on any atom is 0.218 e. The van der Waals surface area contributed by atoms with Crippen LogP contribution in [0.4, 0.5) is 0 Å². The van der Waals surface area contributed by atoms with Crippen LogP contribution in [-0.2, 0) is 13.0 Å². The van der Waals surface area contributed by atoms with Gasteiger partial charge in [0.25, 0.3) is 0 Å². The molecule has 0 aliphatic carbocycles. The largest absolute Gasteiger partial charge is 0.477 e. The number of hydrogen-bond donors (Lipinski definition) is 3. The number of rotatable bonds is 9. The van der Waals surface area contributed by atoms with Crippen LogP contribution in [0.25, 0.3) is 10.9 Å². The second kappa shape index (κ2) is 10.3. The lowest BCUT2D eigenvalue weighted by Gasteiger charge is -2.12. The van der Waals surface area contributed by atoms with Gasteiger partial charge in [-0.2, -0.15) is 0 Å². The summed E-state index contributed by atoms with van der Waals surface area (Å²) in [6.07, 6.45) is 5.72. The third-order valence-corrected chi connectivity index (χ3v) is 4.41. The molecule has 0 fully saturated rings. The van der Waals surface area contributed by atoms with Crippen molar-refractivity contribution in [2.24, 2.45) is 4.99 Å². The predicted octanol–water partition coefficient (Wildman–Crippen LogP) is 3.65. The molecule has 0 bridgehead atoms. The van der Waals surface area contributed by atoms with E-state index >= 15 is 0 Å². The molecular weight excluding hydrogens is 350 g/mol. The zero-order valence-corrected chi connectivity index (χ0v) is 16.7. The zero-order chi connectivity index (χ0) is 19.6. The van der Waals surface area contributed by atoms with Crippen LogP contribution in [0, 0.1) is 0 Å². The number of para-hydroxylation sites is 1. The topological polar surface area (TPSA) is 74.3 Å². The summed E-state index contributed by atoms with van der Waals surface area (Å²) in [6.45, 7) is 6.95. The van der Waals surface area contributed by atoms with Crippen LogP contribution in [0.5, 0.6) is 5.88 Å². The average Bonchev–Trinajstić information content (AvgIpc) is 3.14. The standard InChI is InChI=1S/C22H29N5O/c1-3-14-28-21-18(8-7-12-24-21)16-27-22(23-4-2)25-13-11-17-15-26-20-10-6-5-9-19(17)20/h5-10,12,15,26H,3-4,11,13-14,16H2,1-2H3,(H2,23,25,27). The molecule has 0 saturated heterocycles. The van der Waals surface area contributed by atoms with E-state index in [9.17, 15) is 0 Å². The van der Waals surface area contributed by atoms with Gasteiger partial charge in [-0.15, -0.1) is 0 Å². The number of guanidine groups is 1. The van der Waals surface area contributed by atoms with E-state index in [-0.39, 0.29) is 0 Å². The molecule has 0 radical (unpaired) electrons. The molecule has 6 heteroatoms. The summed E-state index contributed by atoms with van der Waals surface area (Å²) in [5, 5.41) is 8.00. The second-order valence-corrected chi connectivity index (χ2v) is 6.55. The van der Waals surface area contributed by atoms with Crippen LogP contribution in [0.1, 0.15) is 31.4 Å². The number of nitrogens with one attached hydrogen (secondary N) is 3. The average molecular weight is 380 g/mol. The molecule has 0 atom stereocenters. The van der Waals surface area contributed by atoms with Gasteiger partial charge in [-0.25, -0.2) is 9.98 Å². The minimum atomic E-state index is 0.523. The Balaban J connectivity index is 1.60. The number of ether oxygens (including phenoxy) is 1. The van der Waals surface area contributed by atoms with Gasteiger partial charge < -0.3 is 20.4 Å². The van der Waals surface area contributed by atoms with Gasteiger partial charge in [-0.05, 0) is 37.5 Å². The van der Waals surface area contributed by atoms with Crippen LogP contribution < -0.4 is 15.4 Å². The van der Waals surface area contributed by atoms with Crippen LogP contribution in [0.3, 0.4) is 0 Å². The highest BCUT2D eigenvalue weighted by Crippen LogP contribution is 2.18. The highest BCUT2D eigenvalue weighted by Gasteiger charge is 2.06. The van der Waals surface area contributed by atoms with Gasteiger partial charge in [-0.3, -0.25) is 0 Å². The summed E-state index contributed by atoms with van der Waals surface area (Å²) < 4.78 is 5.72. The van der Waals surface area contributed by atoms with Crippen molar-refractivity contribution < 1.29 is 4.74 Å². The lowest BCUT2D eigenvalue weighted by molar-refractivity contribution is 0.302. The summed E-state index contributed by atoms with van der Waals surface area (Å²) in [5.74, 6) is 1.47. The van der Waals surface area contributed by atoms with Crippen molar-refractivity contribution in [3.8, 4) is 5.88 Å². The Labute approximate surface area is 166 Å². The Morgan fingerprint density at radius 1 is 1.11 bits per heavy atom. The van der Waals surface area contributed by atoms with Gasteiger partial charge in [-0.1, -0.05) is 31.2 Å². The molecule has 3 N–H and O–H groups in total. The van der Waals surface area contributed by atoms with Gasteiger partial charge in [0.15, 0.2) is 5.96 Å². The van der Waals surface area contributed by atoms with Crippen LogP contribution in [-0.4, -0.2) is 35.6 Å². The molecule has 6 nitrogen and oxygen atoms in total. The molecule has 0 aliphatic heterocycles. The fraction of sp³-hybridized carbons (Fsp3) is 0.364. The van der Waals surface area contributed by atoms with E-state index in [4.69, 9.17) is 9.73 Å². The Morgan fingerprint density at radius 2 is 2.00 bits per heavy atom. The lowest BCUT2D eigenvalue weighted by Crippen LogP contribution is -2.38. The number of pyridine rings is 1. The van der Waals surface area contributed by atoms with E-state index in [1.54, 1.807) is 6.20 Å². The Morgan fingerprint density at radius 3 is 2.86 bits per heavy atom. The minimum Gasteiger partial charge on any atom is -0.477 e. The molecule has 3 rings (SSSR count). The first-order valence-electron chi connectivity index (χ1n) is 9.95. The van der Waals surface area contributed by atoms with Gasteiger partial charge in [0.2, 0.25) is 5.88 Å². The molecule has 3 aromatic rings. The van der Waals surface area contributed by atoms with Gasteiger partial charge in [0.05, 0.1) is 13.2 Å². The summed E-state index contributed by atoms with van der Waals surface area (Å²) in [7, 11) is 0. The van der Waals surface area contributed by atoms with Gasteiger partial charge in [0.1, 0.15) is 0 Å². The monoisotopic (exact) mass is 379 g/mol. The number of aromatic amines is 1. The summed E-state index contributed by atoms with van der Waals surface area (Å²) in [6, 6.07) is 12.3. The van der Waals surface area contributed by atoms with Gasteiger partial charge >= 0.3 is 0 Å². The number of aromatic nitrogens is 2. The second-order valence-electron chi connectivity index (χ2n) is 6.55. The third-order valence-electron chi connectivity index (χ3n) is 4.41. The molecule has 0 aliphatic rings. The van der Waals surface area contributed by atoms with E-state index in [0.717, 1.165) is 37.5 Å². The van der Waals surface area contributed by atoms with Crippen molar-refractivity contribution in [3.63, 3.8) is 0 Å². The normalized spacial score (nSPS) is 11.6. The fourth-order valence-corrected chi connectivity index (χ4v) is 3.03. The fourth-order valence-electron chi connectivity index (χ4n) is 3.03. The highest BCUT2D eigenvalue weighted by molar-refractivity contribution is 5.83. The highest BCUT2D eigenvalue weighted by atomic mass is 16.5. The van der Waals surface area contributed by atoms with E-state index in [1.807, 2.05) is 18.2 Å². The van der Waals surface area contributed by atoms with Crippen LogP contribution in [0.15, 0.2) is 53.8 Å². The molecule has 0 saturated carbocycles. The maximum atomic E-state index is 5.72. The molecule has 148 valence electrons. The Hall–Kier alpha value is -3.02. The molecular formula is C22H29N5O. The molecule has 0 spiro atoms. The van der Waals surface area contributed by atoms with E-state index < -0.39 is 0 Å². The van der Waals surface area contributed by atoms with Crippen molar-refractivity contribution in [1.29, 1.82) is 0 Å². The van der Waals surface area contributed by atoms with Gasteiger partial charge in [0, 0.05) is 41.9 Å². The first-order valence-corrected chi connectivity index (χ1v) is 9.95. The molecule has 1 aromatic carbocycles. The number of nitrogens with zero attached hydrogens (tertiary/aromatic N) is 2. The molecule has 2 heterocycles. The predicted molar refractivity (Wildman–Crippen MR) is 115 cm³/mol. The van der Waals surface area contributed by atoms with E-state index in [1.165, 1.54) is 16.5 Å². The molecule has 2 aromatic heterocycles. The first-order chi connectivity index (χ1) is 13.8. The number of H-pyrrole nitrogens is 1. The summed E-state index contributed by atoms with van der Waals surface area (Å²) in [5.41, 5.74) is 3.47. The SMILES string of the molecule is CCCOc1ncccc1CN=C(NCC)NCCc1c[nH]c2ccccc12. The van der Waals surface area contributed by atoms with Crippen molar-refractivity contribution in [2.75, 3.05) is 19.7 Å². The van der Waals surface area contributed by atoms with Crippen LogP contribution >= 0.6 is 0 Å². The minimum absolute atomic E-state index is 0.523. The van der Waals surface area contributed by atoms with Crippen LogP contribution in [0.2, 0.25) is 0 Å². The first kappa shape index (κ1) is 19.7.